The number of ether oxygens (including phenoxy) is 4. The van der Waals surface area contributed by atoms with Crippen molar-refractivity contribution in [3.8, 4) is 11.6 Å². The van der Waals surface area contributed by atoms with Crippen LogP contribution in [-0.2, 0) is 25.9 Å². The molecule has 0 bridgehead atoms. The number of H-pyrrole nitrogens is 1. The van der Waals surface area contributed by atoms with Crippen LogP contribution < -0.4 is 34.2 Å². The summed E-state index contributed by atoms with van der Waals surface area (Å²) in [5.41, 5.74) is 4.32. The maximum Gasteiger partial charge on any atom is 0.293 e. The van der Waals surface area contributed by atoms with Gasteiger partial charge in [0.15, 0.2) is 11.6 Å². The van der Waals surface area contributed by atoms with Crippen molar-refractivity contribution in [1.82, 2.24) is 24.6 Å². The van der Waals surface area contributed by atoms with E-state index in [1.54, 1.807) is 19.4 Å². The first kappa shape index (κ1) is 58.0. The summed E-state index contributed by atoms with van der Waals surface area (Å²) in [7, 11) is -2.98. The summed E-state index contributed by atoms with van der Waals surface area (Å²) in [6, 6.07) is 23.8. The van der Waals surface area contributed by atoms with E-state index in [2.05, 4.69) is 65.8 Å². The van der Waals surface area contributed by atoms with Crippen LogP contribution in [0, 0.1) is 28.4 Å². The second-order valence-corrected chi connectivity index (χ2v) is 27.2. The van der Waals surface area contributed by atoms with Crippen molar-refractivity contribution in [3.05, 3.63) is 124 Å². The van der Waals surface area contributed by atoms with Crippen LogP contribution in [0.5, 0.6) is 11.6 Å². The summed E-state index contributed by atoms with van der Waals surface area (Å²) in [5, 5.41) is 39.4. The third-order valence-electron chi connectivity index (χ3n) is 19.9. The molecule has 86 heavy (non-hydrogen) atoms. The molecule has 2 aliphatic carbocycles. The smallest absolute Gasteiger partial charge is 0.293 e. The number of carbonyl (C=O) groups excluding carboxylic acids is 1. The third kappa shape index (κ3) is 11.6. The summed E-state index contributed by atoms with van der Waals surface area (Å²) < 4.78 is 54.8. The van der Waals surface area contributed by atoms with Crippen molar-refractivity contribution < 1.29 is 47.3 Å². The molecule has 7 aliphatic rings. The Bertz CT molecular complexity index is 3630. The topological polar surface area (TPSA) is 250 Å². The van der Waals surface area contributed by atoms with Gasteiger partial charge in [-0.25, -0.2) is 18.1 Å². The highest BCUT2D eigenvalue weighted by Gasteiger charge is 2.52. The number of sulfonamides is 1. The van der Waals surface area contributed by atoms with Gasteiger partial charge in [0.25, 0.3) is 21.6 Å². The van der Waals surface area contributed by atoms with Gasteiger partial charge in [0, 0.05) is 93.9 Å². The van der Waals surface area contributed by atoms with Gasteiger partial charge in [-0.1, -0.05) is 24.3 Å². The number of likely N-dealkylation sites (tertiary alicyclic amines) is 1. The number of anilines is 5. The van der Waals surface area contributed by atoms with Crippen LogP contribution in [0.2, 0.25) is 0 Å². The highest BCUT2D eigenvalue weighted by Crippen LogP contribution is 2.55. The number of fused-ring (bicyclic) bond motifs is 3. The molecule has 6 fully saturated rings. The molecule has 4 saturated heterocycles. The third-order valence-corrected chi connectivity index (χ3v) is 21.2. The van der Waals surface area contributed by atoms with Gasteiger partial charge in [-0.15, -0.1) is 0 Å². The maximum absolute atomic E-state index is 14.9. The van der Waals surface area contributed by atoms with E-state index in [1.807, 2.05) is 43.5 Å². The highest BCUT2D eigenvalue weighted by molar-refractivity contribution is 7.90. The number of methoxy groups -OCH3 is 1. The van der Waals surface area contributed by atoms with Crippen LogP contribution in [0.3, 0.4) is 0 Å². The number of aliphatic hydroxyl groups is 2. The van der Waals surface area contributed by atoms with E-state index < -0.39 is 48.7 Å². The first-order valence-corrected chi connectivity index (χ1v) is 32.0. The number of nitro groups is 1. The predicted octanol–water partition coefficient (Wildman–Crippen LogP) is 8.74. The van der Waals surface area contributed by atoms with Crippen molar-refractivity contribution in [1.29, 1.82) is 0 Å². The number of rotatable bonds is 15. The second kappa shape index (κ2) is 23.2. The Morgan fingerprint density at radius 3 is 2.44 bits per heavy atom. The van der Waals surface area contributed by atoms with Crippen LogP contribution >= 0.6 is 0 Å². The van der Waals surface area contributed by atoms with E-state index in [9.17, 15) is 33.5 Å². The molecule has 5 N–H and O–H groups in total. The lowest BCUT2D eigenvalue weighted by Gasteiger charge is -2.59. The first-order valence-electron chi connectivity index (χ1n) is 30.6. The Hall–Kier alpha value is -7.08. The number of hydrogen-bond acceptors (Lipinski definition) is 18. The molecule has 8 heterocycles. The van der Waals surface area contributed by atoms with E-state index >= 15 is 0 Å². The van der Waals surface area contributed by atoms with Crippen molar-refractivity contribution in [2.45, 2.75) is 131 Å². The van der Waals surface area contributed by atoms with E-state index in [4.69, 9.17) is 28.9 Å². The van der Waals surface area contributed by atoms with E-state index in [-0.39, 0.29) is 41.3 Å². The fourth-order valence-corrected chi connectivity index (χ4v) is 15.9. The van der Waals surface area contributed by atoms with Crippen LogP contribution in [0.4, 0.5) is 34.3 Å². The quantitative estimate of drug-likeness (QED) is 0.0476. The molecule has 0 unspecified atom stereocenters. The molecule has 6 aromatic rings. The van der Waals surface area contributed by atoms with Crippen LogP contribution in [0.1, 0.15) is 111 Å². The number of nitro benzene ring substituents is 1. The number of amides is 1. The zero-order valence-electron chi connectivity index (χ0n) is 49.2. The number of nitrogens with one attached hydrogen (secondary N) is 3. The van der Waals surface area contributed by atoms with Crippen LogP contribution in [0.15, 0.2) is 96.2 Å². The lowest BCUT2D eigenvalue weighted by molar-refractivity contribution is -0.384. The predicted molar refractivity (Wildman–Crippen MR) is 326 cm³/mol. The molecular weight excluding hydrogens is 1120 g/mol. The van der Waals surface area contributed by atoms with Crippen molar-refractivity contribution in [2.75, 3.05) is 92.8 Å². The molecule has 4 atom stereocenters. The standard InChI is InChI=1S/C64H78N10O11S/c1-41-6-4-5-7-48(41)55-37-64(77,34-43-30-56(82-3)59(67-39-43)71-25-28-83-29-26-71)20-24-72(55)46-35-63(36-46)18-22-70(23-19-63)45-8-10-49(52(32-45)73-51-15-27-84-40-57(51)85-61-54(73)31-44-14-21-65-58(44)68-61)60(75)69-86(80,81)47-9-11-50(53(33-47)74(78)79)66-38-42-12-16-62(2,76)17-13-42/h4-11,14,21,30-33,39,42,46,51,55,57,66,76-77H,12-13,15-20,22-29,34-38,40H2,1-3H3,(H,65,68)(H,69,75)/t42-,51-,55-,57-,62-,64+/m0/s1. The number of morpholine rings is 1. The molecule has 3 aromatic carbocycles. The molecule has 3 aromatic heterocycles. The minimum atomic E-state index is -4.66. The molecule has 2 saturated carbocycles. The molecule has 13 rings (SSSR count). The summed E-state index contributed by atoms with van der Waals surface area (Å²) in [4.78, 5) is 48.5. The number of aryl methyl sites for hydroxylation is 1. The van der Waals surface area contributed by atoms with Gasteiger partial charge in [0.05, 0.1) is 65.2 Å². The van der Waals surface area contributed by atoms with Crippen molar-refractivity contribution in [2.24, 2.45) is 11.3 Å². The van der Waals surface area contributed by atoms with Gasteiger partial charge in [-0.3, -0.25) is 19.8 Å². The number of benzene rings is 3. The van der Waals surface area contributed by atoms with Gasteiger partial charge >= 0.3 is 0 Å². The Morgan fingerprint density at radius 1 is 0.884 bits per heavy atom. The monoisotopic (exact) mass is 1190 g/mol. The summed E-state index contributed by atoms with van der Waals surface area (Å²) in [6.07, 6.45) is 12.3. The van der Waals surface area contributed by atoms with Gasteiger partial charge in [-0.2, -0.15) is 4.98 Å². The van der Waals surface area contributed by atoms with E-state index in [0.29, 0.717) is 99.6 Å². The molecule has 22 heteroatoms. The van der Waals surface area contributed by atoms with Crippen molar-refractivity contribution in [3.63, 3.8) is 0 Å². The van der Waals surface area contributed by atoms with Gasteiger partial charge in [-0.05, 0) is 161 Å². The fraction of sp³-hybridized carbons (Fsp3) is 0.516. The van der Waals surface area contributed by atoms with Crippen LogP contribution in [-0.4, -0.2) is 152 Å². The van der Waals surface area contributed by atoms with Crippen molar-refractivity contribution >= 4 is 61.2 Å². The lowest BCUT2D eigenvalue weighted by atomic mass is 9.59. The number of carbonyl (C=O) groups is 1. The lowest BCUT2D eigenvalue weighted by Crippen LogP contribution is -2.59. The average Bonchev–Trinajstić information content (AvgIpc) is 1.03. The number of aromatic nitrogens is 3. The number of piperidine rings is 2. The molecular formula is C64H78N10O11S. The Morgan fingerprint density at radius 2 is 1.67 bits per heavy atom. The molecule has 1 spiro atoms. The van der Waals surface area contributed by atoms with E-state index in [1.165, 1.54) is 23.3 Å². The summed E-state index contributed by atoms with van der Waals surface area (Å²) in [6.45, 7) is 10.2. The largest absolute Gasteiger partial charge is 0.493 e. The maximum atomic E-state index is 14.9. The molecule has 21 nitrogen and oxygen atoms in total. The summed E-state index contributed by atoms with van der Waals surface area (Å²) >= 11 is 0. The van der Waals surface area contributed by atoms with Gasteiger partial charge in [0.2, 0.25) is 5.88 Å². The Labute approximate surface area is 501 Å². The number of pyridine rings is 2. The average molecular weight is 1200 g/mol. The Kier molecular flexibility index (Phi) is 15.6. The molecule has 5 aliphatic heterocycles. The zero-order valence-corrected chi connectivity index (χ0v) is 50.0. The first-order chi connectivity index (χ1) is 41.4. The minimum absolute atomic E-state index is 0.0344. The normalized spacial score (nSPS) is 26.1. The van der Waals surface area contributed by atoms with Crippen LogP contribution in [0.25, 0.3) is 11.0 Å². The highest BCUT2D eigenvalue weighted by atomic mass is 32.2. The fourth-order valence-electron chi connectivity index (χ4n) is 14.9. The molecule has 0 radical (unpaired) electrons. The molecule has 456 valence electrons. The zero-order chi connectivity index (χ0) is 59.5. The second-order valence-electron chi connectivity index (χ2n) is 25.6. The number of nitrogens with zero attached hydrogens (tertiary/aromatic N) is 7. The van der Waals surface area contributed by atoms with E-state index in [0.717, 1.165) is 99.8 Å². The number of aromatic amines is 1. The Balaban J connectivity index is 0.741. The van der Waals surface area contributed by atoms with Gasteiger partial charge in [0.1, 0.15) is 23.1 Å². The summed E-state index contributed by atoms with van der Waals surface area (Å²) in [5.74, 6) is 1.15. The molecule has 1 amide bonds. The SMILES string of the molecule is COc1cc(C[C@]2(O)CCN(C3CC4(CCN(c5ccc(C(=O)NS(=O)(=O)c6ccc(NC[C@H]7CC[C@](C)(O)CC7)c([N+](=O)[O-])c6)c(N6c7cc8cc[nH]c8nc7O[C@H]7COCC[C@@H]76)c5)CC4)C3)[C@H](c3ccccc3C)C2)cnc1N1CCOCC1. The minimum Gasteiger partial charge on any atom is -0.493 e. The van der Waals surface area contributed by atoms with Gasteiger partial charge < -0.3 is 54.2 Å². The number of hydrogen-bond donors (Lipinski definition) is 5.